The summed E-state index contributed by atoms with van der Waals surface area (Å²) in [5, 5.41) is 0.476. The lowest BCUT2D eigenvalue weighted by Gasteiger charge is -2.07. The third-order valence-electron chi connectivity index (χ3n) is 1.63. The van der Waals surface area contributed by atoms with Gasteiger partial charge >= 0.3 is 5.97 Å². The van der Waals surface area contributed by atoms with Crippen LogP contribution in [-0.4, -0.2) is 23.0 Å². The molecule has 0 radical (unpaired) electrons. The molecule has 1 heterocycles. The van der Waals surface area contributed by atoms with Crippen LogP contribution in [0, 0.1) is 0 Å². The number of hydrogen-bond donors (Lipinski definition) is 0. The first kappa shape index (κ1) is 13.2. The van der Waals surface area contributed by atoms with Gasteiger partial charge in [0.15, 0.2) is 10.9 Å². The van der Waals surface area contributed by atoms with Gasteiger partial charge in [-0.25, -0.2) is 9.97 Å². The normalized spacial score (nSPS) is 9.53. The van der Waals surface area contributed by atoms with Gasteiger partial charge in [-0.1, -0.05) is 13.2 Å². The molecule has 6 heteroatoms. The zero-order chi connectivity index (χ0) is 12.8. The van der Waals surface area contributed by atoms with E-state index in [0.29, 0.717) is 15.8 Å². The van der Waals surface area contributed by atoms with Gasteiger partial charge in [0.1, 0.15) is 5.76 Å². The summed E-state index contributed by atoms with van der Waals surface area (Å²) in [4.78, 5) is 19.3. The highest BCUT2D eigenvalue weighted by atomic mass is 32.2. The molecular weight excluding hydrogens is 240 g/mol. The van der Waals surface area contributed by atoms with Gasteiger partial charge in [-0.3, -0.25) is 4.79 Å². The molecule has 17 heavy (non-hydrogen) atoms. The molecule has 5 nitrogen and oxygen atoms in total. The van der Waals surface area contributed by atoms with E-state index in [1.54, 1.807) is 0 Å². The minimum absolute atomic E-state index is 0.196. The Morgan fingerprint density at radius 2 is 1.94 bits per heavy atom. The Hall–Kier alpha value is -1.82. The Labute approximate surface area is 104 Å². The van der Waals surface area contributed by atoms with Crippen molar-refractivity contribution in [2.24, 2.45) is 0 Å². The van der Waals surface area contributed by atoms with Gasteiger partial charge in [0, 0.05) is 6.92 Å². The fourth-order valence-electron chi connectivity index (χ4n) is 0.860. The molecule has 0 aliphatic carbocycles. The zero-order valence-electron chi connectivity index (χ0n) is 9.60. The predicted octanol–water partition coefficient (Wildman–Crippen LogP) is 2.17. The Morgan fingerprint density at radius 3 is 2.41 bits per heavy atom. The van der Waals surface area contributed by atoms with Gasteiger partial charge < -0.3 is 9.47 Å². The Balaban J connectivity index is 2.61. The third-order valence-corrected chi connectivity index (χ3v) is 2.50. The average molecular weight is 252 g/mol. The minimum atomic E-state index is -0.438. The summed E-state index contributed by atoms with van der Waals surface area (Å²) < 4.78 is 9.73. The van der Waals surface area contributed by atoms with Crippen LogP contribution in [0.1, 0.15) is 6.92 Å². The van der Waals surface area contributed by atoms with Crippen molar-refractivity contribution in [2.45, 2.75) is 12.1 Å². The first-order valence-corrected chi connectivity index (χ1v) is 5.45. The lowest BCUT2D eigenvalue weighted by Crippen LogP contribution is -1.98. The molecule has 1 aromatic rings. The van der Waals surface area contributed by atoms with Crippen LogP contribution in [-0.2, 0) is 9.53 Å². The molecule has 90 valence electrons. The predicted molar refractivity (Wildman–Crippen MR) is 64.5 cm³/mol. The molecule has 0 fully saturated rings. The number of nitrogens with zero attached hydrogens (tertiary/aromatic N) is 2. The van der Waals surface area contributed by atoms with Crippen molar-refractivity contribution in [1.82, 2.24) is 9.97 Å². The number of thioether (sulfide) groups is 1. The number of rotatable bonds is 5. The van der Waals surface area contributed by atoms with Crippen molar-refractivity contribution in [2.75, 3.05) is 7.11 Å². The highest BCUT2D eigenvalue weighted by Crippen LogP contribution is 2.27. The van der Waals surface area contributed by atoms with Crippen molar-refractivity contribution in [3.05, 3.63) is 36.2 Å². The van der Waals surface area contributed by atoms with Gasteiger partial charge in [0.05, 0.1) is 24.4 Å². The molecule has 0 atom stereocenters. The van der Waals surface area contributed by atoms with E-state index in [9.17, 15) is 4.79 Å². The van der Waals surface area contributed by atoms with Crippen LogP contribution >= 0.6 is 11.8 Å². The van der Waals surface area contributed by atoms with Crippen LogP contribution < -0.4 is 4.74 Å². The molecule has 0 aliphatic rings. The van der Waals surface area contributed by atoms with Crippen LogP contribution in [0.3, 0.4) is 0 Å². The Morgan fingerprint density at radius 1 is 1.35 bits per heavy atom. The van der Waals surface area contributed by atoms with Crippen molar-refractivity contribution in [1.29, 1.82) is 0 Å². The highest BCUT2D eigenvalue weighted by molar-refractivity contribution is 8.03. The van der Waals surface area contributed by atoms with Crippen molar-refractivity contribution in [3.8, 4) is 5.75 Å². The molecule has 0 spiro atoms. The van der Waals surface area contributed by atoms with E-state index in [1.807, 2.05) is 0 Å². The van der Waals surface area contributed by atoms with Crippen molar-refractivity contribution < 1.29 is 14.3 Å². The number of esters is 1. The molecule has 0 N–H and O–H groups in total. The molecule has 0 saturated carbocycles. The van der Waals surface area contributed by atoms with Gasteiger partial charge in [-0.2, -0.15) is 0 Å². The van der Waals surface area contributed by atoms with E-state index in [1.165, 1.54) is 26.4 Å². The molecule has 0 bridgehead atoms. The number of hydrogen-bond acceptors (Lipinski definition) is 6. The minimum Gasteiger partial charge on any atom is -0.494 e. The van der Waals surface area contributed by atoms with Crippen LogP contribution in [0.5, 0.6) is 5.75 Å². The van der Waals surface area contributed by atoms with E-state index in [-0.39, 0.29) is 5.76 Å². The number of ether oxygens (including phenoxy) is 2. The Kier molecular flexibility index (Phi) is 4.71. The first-order chi connectivity index (χ1) is 8.02. The van der Waals surface area contributed by atoms with E-state index in [4.69, 9.17) is 9.47 Å². The number of carbonyl (C=O) groups excluding carboxylic acids is 1. The van der Waals surface area contributed by atoms with E-state index < -0.39 is 5.97 Å². The lowest BCUT2D eigenvalue weighted by atomic mass is 10.5. The molecule has 0 aromatic carbocycles. The van der Waals surface area contributed by atoms with Crippen LogP contribution in [0.2, 0.25) is 0 Å². The summed E-state index contributed by atoms with van der Waals surface area (Å²) in [6, 6.07) is 0. The maximum absolute atomic E-state index is 10.7. The quantitative estimate of drug-likeness (QED) is 0.263. The molecule has 0 unspecified atom stereocenters. The van der Waals surface area contributed by atoms with Gasteiger partial charge in [-0.05, 0) is 11.8 Å². The van der Waals surface area contributed by atoms with Gasteiger partial charge in [-0.15, -0.1) is 0 Å². The molecule has 0 aliphatic heterocycles. The van der Waals surface area contributed by atoms with Gasteiger partial charge in [0.2, 0.25) is 0 Å². The number of carbonyl (C=O) groups is 1. The smallest absolute Gasteiger partial charge is 0.308 e. The van der Waals surface area contributed by atoms with Gasteiger partial charge in [0.25, 0.3) is 0 Å². The standard InChI is InChI=1S/C11H12N2O3S/c1-7(16-9(3)14)8(2)17-11-12-5-10(15-4)6-13-11/h5-6H,1-2H2,3-4H3. The maximum atomic E-state index is 10.7. The van der Waals surface area contributed by atoms with Crippen LogP contribution in [0.15, 0.2) is 41.4 Å². The fraction of sp³-hybridized carbons (Fsp3) is 0.182. The average Bonchev–Trinajstić information content (AvgIpc) is 2.29. The Bertz CT molecular complexity index is 443. The highest BCUT2D eigenvalue weighted by Gasteiger charge is 2.08. The third kappa shape index (κ3) is 4.28. The summed E-state index contributed by atoms with van der Waals surface area (Å²) in [5.74, 6) is 0.327. The zero-order valence-corrected chi connectivity index (χ0v) is 10.4. The molecule has 1 aromatic heterocycles. The summed E-state index contributed by atoms with van der Waals surface area (Å²) in [7, 11) is 1.53. The van der Waals surface area contributed by atoms with E-state index in [2.05, 4.69) is 23.1 Å². The molecule has 0 saturated heterocycles. The first-order valence-electron chi connectivity index (χ1n) is 4.63. The summed E-state index contributed by atoms with van der Waals surface area (Å²) >= 11 is 1.16. The number of methoxy groups -OCH3 is 1. The van der Waals surface area contributed by atoms with E-state index in [0.717, 1.165) is 11.8 Å². The largest absolute Gasteiger partial charge is 0.494 e. The SMILES string of the molecule is C=C(OC(C)=O)C(=C)Sc1ncc(OC)cn1. The van der Waals surface area contributed by atoms with E-state index >= 15 is 0 Å². The van der Waals surface area contributed by atoms with Crippen LogP contribution in [0.4, 0.5) is 0 Å². The second kappa shape index (κ2) is 6.05. The second-order valence-corrected chi connectivity index (χ2v) is 4.01. The lowest BCUT2D eigenvalue weighted by molar-refractivity contribution is -0.136. The van der Waals surface area contributed by atoms with Crippen LogP contribution in [0.25, 0.3) is 0 Å². The maximum Gasteiger partial charge on any atom is 0.308 e. The summed E-state index contributed by atoms with van der Waals surface area (Å²) in [5.41, 5.74) is 0. The summed E-state index contributed by atoms with van der Waals surface area (Å²) in [6.45, 7) is 8.60. The second-order valence-electron chi connectivity index (χ2n) is 2.95. The fourth-order valence-corrected chi connectivity index (χ4v) is 1.45. The molecule has 1 rings (SSSR count). The topological polar surface area (TPSA) is 61.3 Å². The number of aromatic nitrogens is 2. The van der Waals surface area contributed by atoms with Crippen molar-refractivity contribution >= 4 is 17.7 Å². The van der Waals surface area contributed by atoms with Crippen molar-refractivity contribution in [3.63, 3.8) is 0 Å². The molecular formula is C11H12N2O3S. The summed E-state index contributed by atoms with van der Waals surface area (Å²) in [6.07, 6.45) is 3.08. The monoisotopic (exact) mass is 252 g/mol. The molecule has 0 amide bonds.